The fourth-order valence-corrected chi connectivity index (χ4v) is 3.29. The number of carbonyl (C=O) groups is 1. The largest absolute Gasteiger partial charge is 0.462 e. The molecule has 0 fully saturated rings. The minimum absolute atomic E-state index is 0.0111. The zero-order valence-corrected chi connectivity index (χ0v) is 19.0. The molecule has 0 saturated carbocycles. The molecule has 1 unspecified atom stereocenters. The highest BCUT2D eigenvalue weighted by atomic mass is 19.4. The number of hydrogen-bond donors (Lipinski definition) is 1. The standard InChI is InChI=1S/C23H31F3N4O2/c1-5-30(6-2)13-9-10-16(4)28-21-19(22(31)32-7-3)15-27-20(29-21)17-11-8-12-18(14-17)23(24,25)26/h8,11-12,14-16H,5-7,9-10,13H2,1-4H3,(H,27,28,29). The van der Waals surface area contributed by atoms with Crippen molar-refractivity contribution in [1.82, 2.24) is 14.9 Å². The third-order valence-electron chi connectivity index (χ3n) is 5.12. The third kappa shape index (κ3) is 7.19. The van der Waals surface area contributed by atoms with Gasteiger partial charge in [-0.25, -0.2) is 14.8 Å². The Bertz CT molecular complexity index is 886. The van der Waals surface area contributed by atoms with Gasteiger partial charge in [0.25, 0.3) is 0 Å². The van der Waals surface area contributed by atoms with Gasteiger partial charge in [-0.05, 0) is 58.5 Å². The van der Waals surface area contributed by atoms with Crippen LogP contribution in [-0.2, 0) is 10.9 Å². The quantitative estimate of drug-likeness (QED) is 0.469. The van der Waals surface area contributed by atoms with Crippen molar-refractivity contribution in [2.75, 3.05) is 31.6 Å². The van der Waals surface area contributed by atoms with Crippen molar-refractivity contribution >= 4 is 11.8 Å². The number of alkyl halides is 3. The normalized spacial score (nSPS) is 12.6. The van der Waals surface area contributed by atoms with Gasteiger partial charge < -0.3 is 15.0 Å². The Balaban J connectivity index is 2.27. The number of esters is 1. The van der Waals surface area contributed by atoms with Crippen LogP contribution in [0.15, 0.2) is 30.5 Å². The Morgan fingerprint density at radius 3 is 2.56 bits per heavy atom. The summed E-state index contributed by atoms with van der Waals surface area (Å²) in [6, 6.07) is 4.79. The third-order valence-corrected chi connectivity index (χ3v) is 5.12. The summed E-state index contributed by atoms with van der Waals surface area (Å²) in [4.78, 5) is 23.2. The molecule has 6 nitrogen and oxygen atoms in total. The second kappa shape index (κ2) is 11.8. The van der Waals surface area contributed by atoms with E-state index in [0.29, 0.717) is 0 Å². The first-order chi connectivity index (χ1) is 15.2. The Hall–Kier alpha value is -2.68. The number of nitrogens with zero attached hydrogens (tertiary/aromatic N) is 3. The van der Waals surface area contributed by atoms with Crippen molar-refractivity contribution < 1.29 is 22.7 Å². The maximum Gasteiger partial charge on any atom is 0.416 e. The molecule has 1 N–H and O–H groups in total. The number of aromatic nitrogens is 2. The van der Waals surface area contributed by atoms with E-state index in [0.717, 1.165) is 44.6 Å². The van der Waals surface area contributed by atoms with Crippen LogP contribution in [0.5, 0.6) is 0 Å². The van der Waals surface area contributed by atoms with Crippen LogP contribution < -0.4 is 5.32 Å². The van der Waals surface area contributed by atoms with Crippen LogP contribution >= 0.6 is 0 Å². The SMILES string of the molecule is CCOC(=O)c1cnc(-c2cccc(C(F)(F)F)c2)nc1NC(C)CCCN(CC)CC. The summed E-state index contributed by atoms with van der Waals surface area (Å²) in [6.45, 7) is 11.0. The van der Waals surface area contributed by atoms with Crippen molar-refractivity contribution in [1.29, 1.82) is 0 Å². The van der Waals surface area contributed by atoms with Crippen LogP contribution in [0.3, 0.4) is 0 Å². The predicted molar refractivity (Wildman–Crippen MR) is 119 cm³/mol. The minimum Gasteiger partial charge on any atom is -0.462 e. The van der Waals surface area contributed by atoms with Gasteiger partial charge in [0.05, 0.1) is 12.2 Å². The van der Waals surface area contributed by atoms with Crippen molar-refractivity contribution in [3.63, 3.8) is 0 Å². The minimum atomic E-state index is -4.47. The predicted octanol–water partition coefficient (Wildman–Crippen LogP) is 5.26. The van der Waals surface area contributed by atoms with E-state index in [9.17, 15) is 18.0 Å². The van der Waals surface area contributed by atoms with Gasteiger partial charge in [-0.2, -0.15) is 13.2 Å². The van der Waals surface area contributed by atoms with E-state index in [-0.39, 0.29) is 35.4 Å². The molecule has 2 rings (SSSR count). The lowest BCUT2D eigenvalue weighted by atomic mass is 10.1. The average Bonchev–Trinajstić information content (AvgIpc) is 2.76. The van der Waals surface area contributed by atoms with Gasteiger partial charge in [-0.15, -0.1) is 0 Å². The number of hydrogen-bond acceptors (Lipinski definition) is 6. The van der Waals surface area contributed by atoms with Gasteiger partial charge in [0, 0.05) is 17.8 Å². The molecule has 2 aromatic rings. The lowest BCUT2D eigenvalue weighted by Gasteiger charge is -2.21. The summed E-state index contributed by atoms with van der Waals surface area (Å²) < 4.78 is 44.4. The Morgan fingerprint density at radius 2 is 1.94 bits per heavy atom. The van der Waals surface area contributed by atoms with E-state index in [1.807, 2.05) is 6.92 Å². The lowest BCUT2D eigenvalue weighted by Crippen LogP contribution is -2.26. The van der Waals surface area contributed by atoms with E-state index >= 15 is 0 Å². The highest BCUT2D eigenvalue weighted by Crippen LogP contribution is 2.31. The molecule has 32 heavy (non-hydrogen) atoms. The molecule has 0 radical (unpaired) electrons. The number of halogens is 3. The summed E-state index contributed by atoms with van der Waals surface area (Å²) in [7, 11) is 0. The summed E-state index contributed by atoms with van der Waals surface area (Å²) in [5.74, 6) is -0.232. The number of carbonyl (C=O) groups excluding carboxylic acids is 1. The van der Waals surface area contributed by atoms with E-state index < -0.39 is 17.7 Å². The molecule has 0 bridgehead atoms. The molecule has 0 aliphatic heterocycles. The van der Waals surface area contributed by atoms with Gasteiger partial charge in [0.2, 0.25) is 0 Å². The highest BCUT2D eigenvalue weighted by Gasteiger charge is 2.30. The van der Waals surface area contributed by atoms with Crippen molar-refractivity contribution in [2.24, 2.45) is 0 Å². The zero-order chi connectivity index (χ0) is 23.7. The molecule has 1 aromatic heterocycles. The first-order valence-corrected chi connectivity index (χ1v) is 10.9. The van der Waals surface area contributed by atoms with Crippen LogP contribution in [0.4, 0.5) is 19.0 Å². The topological polar surface area (TPSA) is 67.3 Å². The van der Waals surface area contributed by atoms with Gasteiger partial charge >= 0.3 is 12.1 Å². The second-order valence-electron chi connectivity index (χ2n) is 7.47. The number of anilines is 1. The Morgan fingerprint density at radius 1 is 1.22 bits per heavy atom. The Labute approximate surface area is 187 Å². The average molecular weight is 453 g/mol. The monoisotopic (exact) mass is 452 g/mol. The second-order valence-corrected chi connectivity index (χ2v) is 7.47. The molecule has 1 heterocycles. The van der Waals surface area contributed by atoms with E-state index in [1.165, 1.54) is 18.3 Å². The van der Waals surface area contributed by atoms with Gasteiger partial charge in [-0.3, -0.25) is 0 Å². The summed E-state index contributed by atoms with van der Waals surface area (Å²) >= 11 is 0. The molecule has 1 atom stereocenters. The Kier molecular flexibility index (Phi) is 9.43. The van der Waals surface area contributed by atoms with E-state index in [1.54, 1.807) is 6.92 Å². The molecule has 176 valence electrons. The van der Waals surface area contributed by atoms with Crippen LogP contribution in [-0.4, -0.2) is 53.1 Å². The highest BCUT2D eigenvalue weighted by molar-refractivity contribution is 5.94. The first-order valence-electron chi connectivity index (χ1n) is 10.9. The van der Waals surface area contributed by atoms with Crippen molar-refractivity contribution in [3.05, 3.63) is 41.6 Å². The maximum atomic E-state index is 13.1. The van der Waals surface area contributed by atoms with Crippen LogP contribution in [0, 0.1) is 0 Å². The number of benzene rings is 1. The molecule has 1 aromatic carbocycles. The molecule has 9 heteroatoms. The van der Waals surface area contributed by atoms with E-state index in [2.05, 4.69) is 34.0 Å². The molecule has 0 spiro atoms. The van der Waals surface area contributed by atoms with Gasteiger partial charge in [-0.1, -0.05) is 26.0 Å². The van der Waals surface area contributed by atoms with Crippen LogP contribution in [0.2, 0.25) is 0 Å². The molecule has 0 aliphatic rings. The van der Waals surface area contributed by atoms with E-state index in [4.69, 9.17) is 4.74 Å². The summed E-state index contributed by atoms with van der Waals surface area (Å²) in [5.41, 5.74) is -0.419. The fraction of sp³-hybridized carbons (Fsp3) is 0.522. The van der Waals surface area contributed by atoms with Crippen LogP contribution in [0.1, 0.15) is 56.5 Å². The molecular formula is C23H31F3N4O2. The number of ether oxygens (including phenoxy) is 1. The van der Waals surface area contributed by atoms with Crippen molar-refractivity contribution in [3.8, 4) is 11.4 Å². The maximum absolute atomic E-state index is 13.1. The molecule has 0 saturated heterocycles. The van der Waals surface area contributed by atoms with Gasteiger partial charge in [0.15, 0.2) is 5.82 Å². The number of rotatable bonds is 11. The van der Waals surface area contributed by atoms with Gasteiger partial charge in [0.1, 0.15) is 11.4 Å². The first kappa shape index (κ1) is 25.6. The smallest absolute Gasteiger partial charge is 0.416 e. The zero-order valence-electron chi connectivity index (χ0n) is 19.0. The summed E-state index contributed by atoms with van der Waals surface area (Å²) in [6.07, 6.45) is -1.38. The molecular weight excluding hydrogens is 421 g/mol. The molecule has 0 aliphatic carbocycles. The molecule has 0 amide bonds. The fourth-order valence-electron chi connectivity index (χ4n) is 3.29. The van der Waals surface area contributed by atoms with Crippen molar-refractivity contribution in [2.45, 2.75) is 52.8 Å². The van der Waals surface area contributed by atoms with Crippen LogP contribution in [0.25, 0.3) is 11.4 Å². The summed E-state index contributed by atoms with van der Waals surface area (Å²) in [5, 5.41) is 3.22. The number of nitrogens with one attached hydrogen (secondary N) is 1. The lowest BCUT2D eigenvalue weighted by molar-refractivity contribution is -0.137.